The van der Waals surface area contributed by atoms with Gasteiger partial charge in [0, 0.05) is 18.7 Å². The molecule has 0 radical (unpaired) electrons. The van der Waals surface area contributed by atoms with Crippen LogP contribution in [0.4, 0.5) is 0 Å². The molecule has 3 aromatic rings. The predicted octanol–water partition coefficient (Wildman–Crippen LogP) is 5.08. The number of rotatable bonds is 8. The zero-order chi connectivity index (χ0) is 20.2. The molecule has 0 aliphatic heterocycles. The number of hydrogen-bond acceptors (Lipinski definition) is 4. The third-order valence-electron chi connectivity index (χ3n) is 5.36. The molecule has 1 fully saturated rings. The highest BCUT2D eigenvalue weighted by atomic mass is 16.5. The van der Waals surface area contributed by atoms with Crippen LogP contribution in [0.3, 0.4) is 0 Å². The molecule has 0 amide bonds. The lowest BCUT2D eigenvalue weighted by Crippen LogP contribution is -2.10. The second-order valence-corrected chi connectivity index (χ2v) is 7.54. The standard InChI is InChI=1S/C25H23NO3/c1-17-20(8-5-9-22(17)19-6-3-2-4-7-19)12-24(28)23-13-25(21(15-27)14-26-23)29-16-18-10-11-18/h2-9,13-15,18H,10-12,16H2,1H3. The normalized spacial score (nSPS) is 13.1. The monoisotopic (exact) mass is 385 g/mol. The van der Waals surface area contributed by atoms with Crippen molar-refractivity contribution in [3.8, 4) is 16.9 Å². The molecular formula is C25H23NO3. The number of aromatic nitrogens is 1. The van der Waals surface area contributed by atoms with Crippen LogP contribution in [0.1, 0.15) is 44.8 Å². The number of benzene rings is 2. The van der Waals surface area contributed by atoms with Crippen LogP contribution in [0, 0.1) is 12.8 Å². The minimum atomic E-state index is -0.0907. The number of ether oxygens (including phenoxy) is 1. The van der Waals surface area contributed by atoms with E-state index in [4.69, 9.17) is 4.74 Å². The Morgan fingerprint density at radius 3 is 2.66 bits per heavy atom. The topological polar surface area (TPSA) is 56.3 Å². The SMILES string of the molecule is Cc1c(CC(=O)c2cc(OCC3CC3)c(C=O)cn2)cccc1-c1ccccc1. The third-order valence-corrected chi connectivity index (χ3v) is 5.36. The summed E-state index contributed by atoms with van der Waals surface area (Å²) < 4.78 is 5.77. The van der Waals surface area contributed by atoms with E-state index in [2.05, 4.69) is 23.2 Å². The van der Waals surface area contributed by atoms with Gasteiger partial charge in [0.25, 0.3) is 0 Å². The molecule has 0 unspecified atom stereocenters. The fourth-order valence-electron chi connectivity index (χ4n) is 3.37. The van der Waals surface area contributed by atoms with E-state index in [1.165, 1.54) is 6.20 Å². The first-order valence-electron chi connectivity index (χ1n) is 9.91. The first-order valence-corrected chi connectivity index (χ1v) is 9.91. The van der Waals surface area contributed by atoms with E-state index in [9.17, 15) is 9.59 Å². The zero-order valence-corrected chi connectivity index (χ0v) is 16.4. The highest BCUT2D eigenvalue weighted by Crippen LogP contribution is 2.30. The Bertz CT molecular complexity index is 1040. The van der Waals surface area contributed by atoms with Crippen LogP contribution >= 0.6 is 0 Å². The highest BCUT2D eigenvalue weighted by molar-refractivity contribution is 5.97. The van der Waals surface area contributed by atoms with Crippen LogP contribution in [0.2, 0.25) is 0 Å². The summed E-state index contributed by atoms with van der Waals surface area (Å²) in [4.78, 5) is 28.4. The van der Waals surface area contributed by atoms with E-state index >= 15 is 0 Å². The van der Waals surface area contributed by atoms with E-state index in [0.29, 0.717) is 29.5 Å². The van der Waals surface area contributed by atoms with E-state index in [0.717, 1.165) is 41.4 Å². The van der Waals surface area contributed by atoms with Gasteiger partial charge in [-0.2, -0.15) is 0 Å². The lowest BCUT2D eigenvalue weighted by atomic mass is 9.93. The summed E-state index contributed by atoms with van der Waals surface area (Å²) in [6.07, 6.45) is 4.71. The summed E-state index contributed by atoms with van der Waals surface area (Å²) >= 11 is 0. The maximum Gasteiger partial charge on any atom is 0.185 e. The molecule has 1 saturated carbocycles. The molecule has 2 aromatic carbocycles. The highest BCUT2D eigenvalue weighted by Gasteiger charge is 2.23. The summed E-state index contributed by atoms with van der Waals surface area (Å²) in [6.45, 7) is 2.62. The Labute approximate surface area is 170 Å². The molecule has 1 heterocycles. The largest absolute Gasteiger partial charge is 0.492 e. The smallest absolute Gasteiger partial charge is 0.185 e. The second-order valence-electron chi connectivity index (χ2n) is 7.54. The predicted molar refractivity (Wildman–Crippen MR) is 112 cm³/mol. The second kappa shape index (κ2) is 8.39. The van der Waals surface area contributed by atoms with Crippen LogP contribution in [0.25, 0.3) is 11.1 Å². The van der Waals surface area contributed by atoms with Gasteiger partial charge >= 0.3 is 0 Å². The fourth-order valence-corrected chi connectivity index (χ4v) is 3.37. The fraction of sp³-hybridized carbons (Fsp3) is 0.240. The van der Waals surface area contributed by atoms with Crippen molar-refractivity contribution in [2.24, 2.45) is 5.92 Å². The zero-order valence-electron chi connectivity index (χ0n) is 16.4. The van der Waals surface area contributed by atoms with Crippen molar-refractivity contribution in [3.63, 3.8) is 0 Å². The van der Waals surface area contributed by atoms with Crippen LogP contribution < -0.4 is 4.74 Å². The maximum atomic E-state index is 12.9. The van der Waals surface area contributed by atoms with Crippen LogP contribution in [-0.2, 0) is 6.42 Å². The van der Waals surface area contributed by atoms with Gasteiger partial charge < -0.3 is 4.74 Å². The van der Waals surface area contributed by atoms with Crippen molar-refractivity contribution in [1.29, 1.82) is 0 Å². The lowest BCUT2D eigenvalue weighted by molar-refractivity contribution is 0.0986. The van der Waals surface area contributed by atoms with Crippen molar-refractivity contribution < 1.29 is 14.3 Å². The van der Waals surface area contributed by atoms with E-state index in [-0.39, 0.29) is 12.2 Å². The van der Waals surface area contributed by atoms with Gasteiger partial charge in [-0.1, -0.05) is 48.5 Å². The van der Waals surface area contributed by atoms with E-state index in [1.54, 1.807) is 6.07 Å². The molecule has 1 aliphatic carbocycles. The number of aldehydes is 1. The van der Waals surface area contributed by atoms with Gasteiger partial charge in [0.05, 0.1) is 12.2 Å². The van der Waals surface area contributed by atoms with E-state index in [1.807, 2.05) is 37.3 Å². The minimum Gasteiger partial charge on any atom is -0.492 e. The van der Waals surface area contributed by atoms with Gasteiger partial charge in [-0.15, -0.1) is 0 Å². The number of hydrogen-bond donors (Lipinski definition) is 0. The molecule has 4 rings (SSSR count). The Balaban J connectivity index is 1.56. The van der Waals surface area contributed by atoms with Crippen molar-refractivity contribution in [1.82, 2.24) is 4.98 Å². The molecule has 1 aromatic heterocycles. The quantitative estimate of drug-likeness (QED) is 0.401. The molecule has 29 heavy (non-hydrogen) atoms. The number of pyridine rings is 1. The molecular weight excluding hydrogens is 362 g/mol. The average molecular weight is 385 g/mol. The third kappa shape index (κ3) is 4.43. The van der Waals surface area contributed by atoms with Gasteiger partial charge in [0.2, 0.25) is 0 Å². The molecule has 0 saturated heterocycles. The summed E-state index contributed by atoms with van der Waals surface area (Å²) in [5, 5.41) is 0. The van der Waals surface area contributed by atoms with Crippen molar-refractivity contribution in [3.05, 3.63) is 83.2 Å². The van der Waals surface area contributed by atoms with Crippen LogP contribution in [0.15, 0.2) is 60.8 Å². The van der Waals surface area contributed by atoms with Gasteiger partial charge in [0.15, 0.2) is 12.1 Å². The Kier molecular flexibility index (Phi) is 5.52. The van der Waals surface area contributed by atoms with Gasteiger partial charge in [-0.05, 0) is 47.9 Å². The van der Waals surface area contributed by atoms with Crippen molar-refractivity contribution >= 4 is 12.1 Å². The number of ketones is 1. The molecule has 146 valence electrons. The molecule has 0 bridgehead atoms. The summed E-state index contributed by atoms with van der Waals surface area (Å²) in [5.74, 6) is 0.914. The van der Waals surface area contributed by atoms with Gasteiger partial charge in [0.1, 0.15) is 11.4 Å². The molecule has 0 atom stereocenters. The molecule has 0 spiro atoms. The number of carbonyl (C=O) groups is 2. The summed E-state index contributed by atoms with van der Waals surface area (Å²) in [7, 11) is 0. The first-order chi connectivity index (χ1) is 14.2. The number of carbonyl (C=O) groups excluding carboxylic acids is 2. The van der Waals surface area contributed by atoms with Gasteiger partial charge in [-0.25, -0.2) is 0 Å². The van der Waals surface area contributed by atoms with Gasteiger partial charge in [-0.3, -0.25) is 14.6 Å². The van der Waals surface area contributed by atoms with Crippen LogP contribution in [-0.4, -0.2) is 23.7 Å². The average Bonchev–Trinajstić information content (AvgIpc) is 3.58. The summed E-state index contributed by atoms with van der Waals surface area (Å²) in [6, 6.07) is 17.8. The first kappa shape index (κ1) is 19.1. The minimum absolute atomic E-state index is 0.0907. The lowest BCUT2D eigenvalue weighted by Gasteiger charge is -2.12. The molecule has 4 nitrogen and oxygen atoms in total. The Hall–Kier alpha value is -3.27. The van der Waals surface area contributed by atoms with Crippen LogP contribution in [0.5, 0.6) is 5.75 Å². The number of nitrogens with zero attached hydrogens (tertiary/aromatic N) is 1. The molecule has 4 heteroatoms. The van der Waals surface area contributed by atoms with E-state index < -0.39 is 0 Å². The molecule has 1 aliphatic rings. The Morgan fingerprint density at radius 2 is 1.93 bits per heavy atom. The molecule has 0 N–H and O–H groups in total. The number of Topliss-reactive ketones (excluding diaryl/α,β-unsaturated/α-hetero) is 1. The maximum absolute atomic E-state index is 12.9. The Morgan fingerprint density at radius 1 is 1.14 bits per heavy atom. The summed E-state index contributed by atoms with van der Waals surface area (Å²) in [5.41, 5.74) is 5.01. The van der Waals surface area contributed by atoms with Crippen molar-refractivity contribution in [2.75, 3.05) is 6.61 Å². The van der Waals surface area contributed by atoms with Crippen molar-refractivity contribution in [2.45, 2.75) is 26.2 Å².